The third-order valence-electron chi connectivity index (χ3n) is 3.00. The largest absolute Gasteiger partial charge is 0.440 e. The van der Waals surface area contributed by atoms with Gasteiger partial charge < -0.3 is 4.74 Å². The molecule has 2 aliphatic carbocycles. The zero-order chi connectivity index (χ0) is 8.84. The molecule has 3 aliphatic rings. The minimum Gasteiger partial charge on any atom is -0.440 e. The first-order valence-corrected chi connectivity index (χ1v) is 5.29. The van der Waals surface area contributed by atoms with Gasteiger partial charge in [-0.2, -0.15) is 4.40 Å². The second-order valence-corrected chi connectivity index (χ2v) is 4.45. The van der Waals surface area contributed by atoms with Gasteiger partial charge in [-0.1, -0.05) is 6.42 Å². The molecule has 0 saturated heterocycles. The lowest BCUT2D eigenvalue weighted by Crippen LogP contribution is -2.12. The van der Waals surface area contributed by atoms with Gasteiger partial charge in [-0.3, -0.25) is 4.79 Å². The molecule has 0 bridgehead atoms. The standard InChI is InChI=1S/C9H9NO2S/c11-7-5-2-1-3-6(5)9-8(7)12-4-10-13-9/h4-6H,1-3H2. The van der Waals surface area contributed by atoms with E-state index in [-0.39, 0.29) is 11.7 Å². The molecule has 13 heavy (non-hydrogen) atoms. The maximum atomic E-state index is 11.8. The monoisotopic (exact) mass is 195 g/mol. The van der Waals surface area contributed by atoms with Crippen LogP contribution in [0.15, 0.2) is 15.1 Å². The maximum Gasteiger partial charge on any atom is 0.202 e. The van der Waals surface area contributed by atoms with Gasteiger partial charge in [0, 0.05) is 23.8 Å². The minimum absolute atomic E-state index is 0.205. The lowest BCUT2D eigenvalue weighted by atomic mass is 9.99. The van der Waals surface area contributed by atoms with E-state index in [0.717, 1.165) is 17.7 Å². The van der Waals surface area contributed by atoms with E-state index in [1.165, 1.54) is 24.8 Å². The molecule has 1 fully saturated rings. The van der Waals surface area contributed by atoms with Crippen molar-refractivity contribution in [2.45, 2.75) is 19.3 Å². The fourth-order valence-electron chi connectivity index (χ4n) is 2.42. The van der Waals surface area contributed by atoms with Gasteiger partial charge in [-0.25, -0.2) is 0 Å². The molecule has 0 aromatic rings. The highest BCUT2D eigenvalue weighted by Gasteiger charge is 2.46. The third-order valence-corrected chi connectivity index (χ3v) is 3.88. The summed E-state index contributed by atoms with van der Waals surface area (Å²) in [5, 5.41) is 0. The van der Waals surface area contributed by atoms with Gasteiger partial charge in [0.25, 0.3) is 0 Å². The van der Waals surface area contributed by atoms with Crippen LogP contribution in [0.2, 0.25) is 0 Å². The molecule has 3 rings (SSSR count). The molecule has 0 amide bonds. The number of hydrogen-bond donors (Lipinski definition) is 0. The van der Waals surface area contributed by atoms with Crippen molar-refractivity contribution in [2.75, 3.05) is 0 Å². The molecule has 0 spiro atoms. The Morgan fingerprint density at radius 3 is 3.23 bits per heavy atom. The number of carbonyl (C=O) groups is 1. The van der Waals surface area contributed by atoms with E-state index in [1.54, 1.807) is 0 Å². The van der Waals surface area contributed by atoms with E-state index in [2.05, 4.69) is 4.40 Å². The molecule has 2 unspecified atom stereocenters. The van der Waals surface area contributed by atoms with E-state index < -0.39 is 0 Å². The van der Waals surface area contributed by atoms with Crippen molar-refractivity contribution in [1.29, 1.82) is 0 Å². The Morgan fingerprint density at radius 1 is 1.46 bits per heavy atom. The highest BCUT2D eigenvalue weighted by molar-refractivity contribution is 8.02. The second-order valence-electron chi connectivity index (χ2n) is 3.62. The predicted molar refractivity (Wildman–Crippen MR) is 50.0 cm³/mol. The van der Waals surface area contributed by atoms with Crippen molar-refractivity contribution in [1.82, 2.24) is 0 Å². The number of ether oxygens (including phenoxy) is 1. The topological polar surface area (TPSA) is 38.7 Å². The maximum absolute atomic E-state index is 11.8. The van der Waals surface area contributed by atoms with Gasteiger partial charge in [0.15, 0.2) is 12.2 Å². The number of allylic oxidation sites excluding steroid dienone is 2. The predicted octanol–water partition coefficient (Wildman–Crippen LogP) is 1.90. The van der Waals surface area contributed by atoms with E-state index in [9.17, 15) is 4.79 Å². The average molecular weight is 195 g/mol. The molecule has 68 valence electrons. The quantitative estimate of drug-likeness (QED) is 0.554. The van der Waals surface area contributed by atoms with Crippen LogP contribution in [0.3, 0.4) is 0 Å². The highest BCUT2D eigenvalue weighted by atomic mass is 32.2. The number of carbonyl (C=O) groups excluding carboxylic acids is 1. The zero-order valence-corrected chi connectivity index (χ0v) is 7.84. The third kappa shape index (κ3) is 0.921. The molecule has 1 saturated carbocycles. The van der Waals surface area contributed by atoms with Gasteiger partial charge in [0.1, 0.15) is 0 Å². The van der Waals surface area contributed by atoms with Crippen LogP contribution >= 0.6 is 11.9 Å². The Bertz CT molecular complexity index is 335. The number of nitrogens with zero attached hydrogens (tertiary/aromatic N) is 1. The minimum atomic E-state index is 0.205. The first kappa shape index (κ1) is 7.62. The van der Waals surface area contributed by atoms with Crippen LogP contribution in [0.5, 0.6) is 0 Å². The number of ketones is 1. The molecule has 0 N–H and O–H groups in total. The Kier molecular flexibility index (Phi) is 1.53. The molecule has 1 aliphatic heterocycles. The van der Waals surface area contributed by atoms with E-state index >= 15 is 0 Å². The lowest BCUT2D eigenvalue weighted by Gasteiger charge is -2.10. The van der Waals surface area contributed by atoms with Crippen LogP contribution < -0.4 is 0 Å². The fraction of sp³-hybridized carbons (Fsp3) is 0.556. The number of rotatable bonds is 0. The summed E-state index contributed by atoms with van der Waals surface area (Å²) in [4.78, 5) is 12.8. The fourth-order valence-corrected chi connectivity index (χ4v) is 3.27. The van der Waals surface area contributed by atoms with Crippen molar-refractivity contribution < 1.29 is 9.53 Å². The lowest BCUT2D eigenvalue weighted by molar-refractivity contribution is -0.120. The molecule has 0 aromatic carbocycles. The van der Waals surface area contributed by atoms with E-state index in [0.29, 0.717) is 11.7 Å². The summed E-state index contributed by atoms with van der Waals surface area (Å²) in [6.07, 6.45) is 4.69. The van der Waals surface area contributed by atoms with Gasteiger partial charge in [-0.15, -0.1) is 0 Å². The summed E-state index contributed by atoms with van der Waals surface area (Å²) in [6, 6.07) is 0. The SMILES string of the molecule is O=C1C2=C(SN=CO2)C2CCCC12. The number of Topliss-reactive ketones (excluding diaryl/α,β-unsaturated/α-hetero) is 1. The Hall–Kier alpha value is -0.770. The van der Waals surface area contributed by atoms with E-state index in [4.69, 9.17) is 4.74 Å². The van der Waals surface area contributed by atoms with Gasteiger partial charge in [0.2, 0.25) is 5.78 Å². The van der Waals surface area contributed by atoms with Gasteiger partial charge in [0.05, 0.1) is 4.91 Å². The molecule has 0 aromatic heterocycles. The molecule has 3 nitrogen and oxygen atoms in total. The average Bonchev–Trinajstić information content (AvgIpc) is 2.72. The molecular formula is C9H9NO2S. The van der Waals surface area contributed by atoms with Crippen LogP contribution in [0.4, 0.5) is 0 Å². The molecule has 4 heteroatoms. The van der Waals surface area contributed by atoms with Gasteiger partial charge in [-0.05, 0) is 12.8 Å². The van der Waals surface area contributed by atoms with Crippen molar-refractivity contribution in [2.24, 2.45) is 16.2 Å². The summed E-state index contributed by atoms with van der Waals surface area (Å²) in [5.74, 6) is 1.41. The summed E-state index contributed by atoms with van der Waals surface area (Å²) < 4.78 is 9.14. The van der Waals surface area contributed by atoms with Crippen molar-refractivity contribution in [3.8, 4) is 0 Å². The summed E-state index contributed by atoms with van der Waals surface area (Å²) in [5.41, 5.74) is 0. The van der Waals surface area contributed by atoms with Crippen LogP contribution in [-0.2, 0) is 9.53 Å². The van der Waals surface area contributed by atoms with Crippen LogP contribution in [-0.4, -0.2) is 12.2 Å². The Labute approximate surface area is 80.4 Å². The van der Waals surface area contributed by atoms with Crippen molar-refractivity contribution >= 4 is 24.1 Å². The smallest absolute Gasteiger partial charge is 0.202 e. The normalized spacial score (nSPS) is 36.2. The summed E-state index contributed by atoms with van der Waals surface area (Å²) in [7, 11) is 0. The number of fused-ring (bicyclic) bond motifs is 2. The van der Waals surface area contributed by atoms with Crippen molar-refractivity contribution in [3.05, 3.63) is 10.7 Å². The molecular weight excluding hydrogens is 186 g/mol. The molecule has 1 heterocycles. The molecule has 2 atom stereocenters. The van der Waals surface area contributed by atoms with Crippen LogP contribution in [0, 0.1) is 11.8 Å². The molecule has 0 radical (unpaired) electrons. The summed E-state index contributed by atoms with van der Waals surface area (Å²) >= 11 is 1.42. The summed E-state index contributed by atoms with van der Waals surface area (Å²) in [6.45, 7) is 0. The Balaban J connectivity index is 2.02. The van der Waals surface area contributed by atoms with Crippen LogP contribution in [0.1, 0.15) is 19.3 Å². The van der Waals surface area contributed by atoms with Gasteiger partial charge >= 0.3 is 0 Å². The second kappa shape index (κ2) is 2.61. The highest BCUT2D eigenvalue weighted by Crippen LogP contribution is 2.50. The Morgan fingerprint density at radius 2 is 2.31 bits per heavy atom. The number of hydrogen-bond acceptors (Lipinski definition) is 4. The van der Waals surface area contributed by atoms with Crippen LogP contribution in [0.25, 0.3) is 0 Å². The first-order valence-electron chi connectivity index (χ1n) is 4.52. The zero-order valence-electron chi connectivity index (χ0n) is 7.03. The first-order chi connectivity index (χ1) is 6.38. The van der Waals surface area contributed by atoms with Crippen molar-refractivity contribution in [3.63, 3.8) is 0 Å². The van der Waals surface area contributed by atoms with E-state index in [1.807, 2.05) is 0 Å².